The van der Waals surface area contributed by atoms with Gasteiger partial charge in [0.25, 0.3) is 0 Å². The number of rotatable bonds is 4. The number of nitrogens with one attached hydrogen (secondary N) is 1. The van der Waals surface area contributed by atoms with Crippen LogP contribution in [0.3, 0.4) is 0 Å². The Kier molecular flexibility index (Phi) is 5.68. The third-order valence-electron chi connectivity index (χ3n) is 5.07. The molecule has 1 spiro atoms. The van der Waals surface area contributed by atoms with Crippen LogP contribution in [-0.4, -0.2) is 48.0 Å². The van der Waals surface area contributed by atoms with E-state index in [1.165, 1.54) is 6.92 Å². The van der Waals surface area contributed by atoms with E-state index in [9.17, 15) is 14.4 Å². The highest BCUT2D eigenvalue weighted by Crippen LogP contribution is 2.40. The van der Waals surface area contributed by atoms with Crippen molar-refractivity contribution < 1.29 is 23.9 Å². The summed E-state index contributed by atoms with van der Waals surface area (Å²) in [5.74, 6) is 0.350. The third-order valence-corrected chi connectivity index (χ3v) is 5.07. The zero-order valence-corrected chi connectivity index (χ0v) is 15.9. The minimum Gasteiger partial charge on any atom is -0.486 e. The number of ether oxygens (including phenoxy) is 2. The first-order chi connectivity index (χ1) is 12.9. The lowest BCUT2D eigenvalue weighted by molar-refractivity contribution is -0.114. The van der Waals surface area contributed by atoms with Crippen LogP contribution in [-0.2, 0) is 9.53 Å². The van der Waals surface area contributed by atoms with Gasteiger partial charge in [0, 0.05) is 44.6 Å². The lowest BCUT2D eigenvalue weighted by Crippen LogP contribution is -2.52. The molecule has 1 N–H and O–H groups in total. The number of amides is 2. The molecule has 7 nitrogen and oxygen atoms in total. The molecule has 0 aliphatic carbocycles. The topological polar surface area (TPSA) is 84.9 Å². The molecule has 2 aliphatic heterocycles. The van der Waals surface area contributed by atoms with Gasteiger partial charge >= 0.3 is 6.09 Å². The Morgan fingerprint density at radius 1 is 1.30 bits per heavy atom. The normalized spacial score (nSPS) is 17.9. The predicted molar refractivity (Wildman–Crippen MR) is 100 cm³/mol. The van der Waals surface area contributed by atoms with Crippen molar-refractivity contribution in [1.29, 1.82) is 0 Å². The monoisotopic (exact) mass is 374 g/mol. The van der Waals surface area contributed by atoms with E-state index in [-0.39, 0.29) is 17.8 Å². The molecular formula is C20H26N2O5. The molecule has 2 amide bonds. The van der Waals surface area contributed by atoms with Crippen molar-refractivity contribution in [2.45, 2.75) is 51.6 Å². The van der Waals surface area contributed by atoms with Gasteiger partial charge in [-0.1, -0.05) is 13.3 Å². The van der Waals surface area contributed by atoms with E-state index in [1.807, 2.05) is 6.92 Å². The minimum absolute atomic E-state index is 0.0320. The number of anilines is 1. The fraction of sp³-hybridized carbons (Fsp3) is 0.550. The average Bonchev–Trinajstić information content (AvgIpc) is 2.61. The molecule has 0 atom stereocenters. The van der Waals surface area contributed by atoms with Crippen molar-refractivity contribution in [2.24, 2.45) is 0 Å². The highest BCUT2D eigenvalue weighted by atomic mass is 16.6. The molecule has 2 heterocycles. The molecule has 1 fully saturated rings. The fourth-order valence-electron chi connectivity index (χ4n) is 3.55. The largest absolute Gasteiger partial charge is 0.486 e. The summed E-state index contributed by atoms with van der Waals surface area (Å²) in [5, 5.41) is 2.71. The molecule has 0 radical (unpaired) electrons. The first-order valence-corrected chi connectivity index (χ1v) is 9.48. The molecule has 0 aromatic heterocycles. The molecule has 0 unspecified atom stereocenters. The SMILES string of the molecule is CCCCOC(=O)N1CCC2(CC1)CC(=O)c1ccc(NC(C)=O)cc1O2. The van der Waals surface area contributed by atoms with Gasteiger partial charge in [0.05, 0.1) is 18.6 Å². The molecular weight excluding hydrogens is 348 g/mol. The van der Waals surface area contributed by atoms with Gasteiger partial charge in [-0.2, -0.15) is 0 Å². The van der Waals surface area contributed by atoms with Crippen molar-refractivity contribution >= 4 is 23.5 Å². The molecule has 2 aliphatic rings. The van der Waals surface area contributed by atoms with E-state index in [0.717, 1.165) is 12.8 Å². The molecule has 146 valence electrons. The van der Waals surface area contributed by atoms with E-state index >= 15 is 0 Å². The van der Waals surface area contributed by atoms with Crippen molar-refractivity contribution in [3.8, 4) is 5.75 Å². The molecule has 7 heteroatoms. The Bertz CT molecular complexity index is 738. The molecule has 27 heavy (non-hydrogen) atoms. The molecule has 1 aromatic rings. The van der Waals surface area contributed by atoms with Crippen LogP contribution in [0.15, 0.2) is 18.2 Å². The van der Waals surface area contributed by atoms with Crippen LogP contribution < -0.4 is 10.1 Å². The van der Waals surface area contributed by atoms with Crippen molar-refractivity contribution in [3.63, 3.8) is 0 Å². The average molecular weight is 374 g/mol. The molecule has 0 saturated carbocycles. The number of benzene rings is 1. The Morgan fingerprint density at radius 3 is 2.70 bits per heavy atom. The second-order valence-electron chi connectivity index (χ2n) is 7.23. The van der Waals surface area contributed by atoms with E-state index in [4.69, 9.17) is 9.47 Å². The van der Waals surface area contributed by atoms with Crippen molar-refractivity contribution in [1.82, 2.24) is 4.90 Å². The summed E-state index contributed by atoms with van der Waals surface area (Å²) < 4.78 is 11.5. The number of hydrogen-bond donors (Lipinski definition) is 1. The van der Waals surface area contributed by atoms with Crippen LogP contribution >= 0.6 is 0 Å². The maximum atomic E-state index is 12.6. The highest BCUT2D eigenvalue weighted by Gasteiger charge is 2.44. The van der Waals surface area contributed by atoms with Crippen LogP contribution in [0, 0.1) is 0 Å². The quantitative estimate of drug-likeness (QED) is 0.817. The third kappa shape index (κ3) is 4.40. The summed E-state index contributed by atoms with van der Waals surface area (Å²) in [4.78, 5) is 37.7. The Morgan fingerprint density at radius 2 is 2.04 bits per heavy atom. The van der Waals surface area contributed by atoms with Crippen molar-refractivity contribution in [3.05, 3.63) is 23.8 Å². The van der Waals surface area contributed by atoms with Gasteiger partial charge in [-0.25, -0.2) is 4.79 Å². The lowest BCUT2D eigenvalue weighted by atomic mass is 9.82. The fourth-order valence-corrected chi connectivity index (χ4v) is 3.55. The first kappa shape index (κ1) is 19.2. The Hall–Kier alpha value is -2.57. The van der Waals surface area contributed by atoms with Gasteiger partial charge in [-0.05, 0) is 18.6 Å². The Labute approximate surface area is 159 Å². The number of nitrogens with zero attached hydrogens (tertiary/aromatic N) is 1. The zero-order chi connectivity index (χ0) is 19.4. The number of hydrogen-bond acceptors (Lipinski definition) is 5. The zero-order valence-electron chi connectivity index (χ0n) is 15.9. The van der Waals surface area contributed by atoms with Crippen LogP contribution in [0.4, 0.5) is 10.5 Å². The summed E-state index contributed by atoms with van der Waals surface area (Å²) in [7, 11) is 0. The van der Waals surface area contributed by atoms with E-state index in [0.29, 0.717) is 56.0 Å². The number of fused-ring (bicyclic) bond motifs is 1. The number of unbranched alkanes of at least 4 members (excludes halogenated alkanes) is 1. The van der Waals surface area contributed by atoms with Gasteiger partial charge in [0.2, 0.25) is 5.91 Å². The number of piperidine rings is 1. The van der Waals surface area contributed by atoms with Crippen LogP contribution in [0.2, 0.25) is 0 Å². The van der Waals surface area contributed by atoms with Crippen LogP contribution in [0.5, 0.6) is 5.75 Å². The molecule has 1 aromatic carbocycles. The molecule has 3 rings (SSSR count). The summed E-state index contributed by atoms with van der Waals surface area (Å²) in [6.07, 6.45) is 2.99. The summed E-state index contributed by atoms with van der Waals surface area (Å²) in [5.41, 5.74) is 0.540. The first-order valence-electron chi connectivity index (χ1n) is 9.48. The number of Topliss-reactive ketones (excluding diaryl/α,β-unsaturated/α-hetero) is 1. The second-order valence-corrected chi connectivity index (χ2v) is 7.23. The summed E-state index contributed by atoms with van der Waals surface area (Å²) >= 11 is 0. The maximum Gasteiger partial charge on any atom is 0.409 e. The van der Waals surface area contributed by atoms with Gasteiger partial charge in [-0.3, -0.25) is 9.59 Å². The van der Waals surface area contributed by atoms with Crippen LogP contribution in [0.25, 0.3) is 0 Å². The number of carbonyl (C=O) groups is 3. The smallest absolute Gasteiger partial charge is 0.409 e. The number of likely N-dealkylation sites (tertiary alicyclic amines) is 1. The Balaban J connectivity index is 1.66. The van der Waals surface area contributed by atoms with Gasteiger partial charge < -0.3 is 19.7 Å². The number of carbonyl (C=O) groups excluding carboxylic acids is 3. The molecule has 1 saturated heterocycles. The highest BCUT2D eigenvalue weighted by molar-refractivity contribution is 6.01. The van der Waals surface area contributed by atoms with Gasteiger partial charge in [-0.15, -0.1) is 0 Å². The van der Waals surface area contributed by atoms with Crippen LogP contribution in [0.1, 0.15) is 56.3 Å². The summed E-state index contributed by atoms with van der Waals surface area (Å²) in [6, 6.07) is 5.09. The van der Waals surface area contributed by atoms with E-state index < -0.39 is 5.60 Å². The van der Waals surface area contributed by atoms with Gasteiger partial charge in [0.1, 0.15) is 11.4 Å². The maximum absolute atomic E-state index is 12.6. The second kappa shape index (κ2) is 7.98. The predicted octanol–water partition coefficient (Wildman–Crippen LogP) is 3.38. The summed E-state index contributed by atoms with van der Waals surface area (Å²) in [6.45, 7) is 4.91. The van der Waals surface area contributed by atoms with E-state index in [1.54, 1.807) is 23.1 Å². The lowest BCUT2D eigenvalue weighted by Gasteiger charge is -2.43. The minimum atomic E-state index is -0.598. The molecule has 0 bridgehead atoms. The van der Waals surface area contributed by atoms with E-state index in [2.05, 4.69) is 5.32 Å². The van der Waals surface area contributed by atoms with Crippen molar-refractivity contribution in [2.75, 3.05) is 25.0 Å². The van der Waals surface area contributed by atoms with Gasteiger partial charge in [0.15, 0.2) is 5.78 Å². The number of ketones is 1. The standard InChI is InChI=1S/C20H26N2O5/c1-3-4-11-26-19(25)22-9-7-20(8-10-22)13-17(24)16-6-5-15(21-14(2)23)12-18(16)27-20/h5-6,12H,3-4,7-11,13H2,1-2H3,(H,21,23).